The molecule has 19 heavy (non-hydrogen) atoms. The predicted molar refractivity (Wildman–Crippen MR) is 71.9 cm³/mol. The number of amides is 2. The van der Waals surface area contributed by atoms with Crippen molar-refractivity contribution in [2.45, 2.75) is 51.5 Å². The Balaban J connectivity index is 1.84. The van der Waals surface area contributed by atoms with Gasteiger partial charge in [-0.1, -0.05) is 19.8 Å². The minimum absolute atomic E-state index is 0.104. The fourth-order valence-electron chi connectivity index (χ4n) is 2.91. The number of hydrogen-bond donors (Lipinski definition) is 2. The van der Waals surface area contributed by atoms with Crippen molar-refractivity contribution in [2.75, 3.05) is 13.1 Å². The van der Waals surface area contributed by atoms with Gasteiger partial charge in [0, 0.05) is 12.6 Å². The number of nitrogens with one attached hydrogen (secondary N) is 1. The molecule has 5 nitrogen and oxygen atoms in total. The lowest BCUT2D eigenvalue weighted by molar-refractivity contribution is -0.138. The summed E-state index contributed by atoms with van der Waals surface area (Å²) in [7, 11) is 0. The van der Waals surface area contributed by atoms with Crippen molar-refractivity contribution in [3.63, 3.8) is 0 Å². The third-order valence-electron chi connectivity index (χ3n) is 4.33. The van der Waals surface area contributed by atoms with Gasteiger partial charge in [0.25, 0.3) is 0 Å². The smallest absolute Gasteiger partial charge is 0.323 e. The van der Waals surface area contributed by atoms with Gasteiger partial charge in [0.1, 0.15) is 6.54 Å². The molecule has 0 aliphatic heterocycles. The van der Waals surface area contributed by atoms with E-state index < -0.39 is 5.97 Å². The van der Waals surface area contributed by atoms with Crippen LogP contribution in [-0.2, 0) is 4.79 Å². The summed E-state index contributed by atoms with van der Waals surface area (Å²) in [4.78, 5) is 24.6. The van der Waals surface area contributed by atoms with Gasteiger partial charge < -0.3 is 15.3 Å². The Morgan fingerprint density at radius 1 is 1.26 bits per heavy atom. The van der Waals surface area contributed by atoms with Gasteiger partial charge in [0.2, 0.25) is 0 Å². The van der Waals surface area contributed by atoms with E-state index in [0.29, 0.717) is 12.5 Å². The molecule has 2 amide bonds. The van der Waals surface area contributed by atoms with Crippen LogP contribution >= 0.6 is 0 Å². The first-order valence-corrected chi connectivity index (χ1v) is 7.34. The number of carbonyl (C=O) groups excluding carboxylic acids is 1. The first kappa shape index (κ1) is 14.2. The summed E-state index contributed by atoms with van der Waals surface area (Å²) in [5.41, 5.74) is 0. The molecule has 0 radical (unpaired) electrons. The van der Waals surface area contributed by atoms with Crippen LogP contribution in [0.5, 0.6) is 0 Å². The highest BCUT2D eigenvalue weighted by atomic mass is 16.4. The van der Waals surface area contributed by atoms with E-state index >= 15 is 0 Å². The molecule has 5 heteroatoms. The molecule has 2 rings (SSSR count). The zero-order valence-corrected chi connectivity index (χ0v) is 11.6. The second kappa shape index (κ2) is 6.26. The summed E-state index contributed by atoms with van der Waals surface area (Å²) in [5, 5.41) is 11.9. The Morgan fingerprint density at radius 2 is 1.89 bits per heavy atom. The predicted octanol–water partition coefficient (Wildman–Crippen LogP) is 2.07. The minimum atomic E-state index is -0.933. The third kappa shape index (κ3) is 4.11. The number of urea groups is 1. The average molecular weight is 268 g/mol. The minimum Gasteiger partial charge on any atom is -0.480 e. The van der Waals surface area contributed by atoms with Crippen molar-refractivity contribution >= 4 is 12.0 Å². The molecule has 2 saturated carbocycles. The summed E-state index contributed by atoms with van der Waals surface area (Å²) in [6, 6.07) is -0.103. The maximum absolute atomic E-state index is 12.2. The fraction of sp³-hybridized carbons (Fsp3) is 0.857. The molecule has 2 aliphatic rings. The Hall–Kier alpha value is -1.26. The molecular formula is C14H24N2O3. The van der Waals surface area contributed by atoms with Crippen molar-refractivity contribution in [1.29, 1.82) is 0 Å². The van der Waals surface area contributed by atoms with E-state index in [4.69, 9.17) is 5.11 Å². The van der Waals surface area contributed by atoms with Crippen LogP contribution in [0.15, 0.2) is 0 Å². The van der Waals surface area contributed by atoms with Crippen LogP contribution in [0.3, 0.4) is 0 Å². The standard InChI is InChI=1S/C14H24N2O3/c1-10(11-6-7-11)8-15-14(19)16(9-13(17)18)12-4-2-3-5-12/h10-12H,2-9H2,1H3,(H,15,19)(H,17,18). The molecule has 2 N–H and O–H groups in total. The SMILES string of the molecule is CC(CNC(=O)N(CC(=O)O)C1CCCC1)C1CC1. The van der Waals surface area contributed by atoms with Crippen molar-refractivity contribution in [2.24, 2.45) is 11.8 Å². The van der Waals surface area contributed by atoms with Crippen molar-refractivity contribution in [1.82, 2.24) is 10.2 Å². The second-order valence-corrected chi connectivity index (χ2v) is 5.96. The highest BCUT2D eigenvalue weighted by Crippen LogP contribution is 2.36. The number of hydrogen-bond acceptors (Lipinski definition) is 2. The summed E-state index contributed by atoms with van der Waals surface area (Å²) < 4.78 is 0. The van der Waals surface area contributed by atoms with Crippen LogP contribution in [0.1, 0.15) is 45.4 Å². The summed E-state index contributed by atoms with van der Waals surface area (Å²) >= 11 is 0. The first-order chi connectivity index (χ1) is 9.08. The van der Waals surface area contributed by atoms with Crippen LogP contribution in [0.2, 0.25) is 0 Å². The summed E-state index contributed by atoms with van der Waals surface area (Å²) in [6.45, 7) is 2.62. The molecule has 0 bridgehead atoms. The van der Waals surface area contributed by atoms with Gasteiger partial charge in [-0.2, -0.15) is 0 Å². The molecule has 1 atom stereocenters. The highest BCUT2D eigenvalue weighted by molar-refractivity contribution is 5.80. The second-order valence-electron chi connectivity index (χ2n) is 5.96. The zero-order valence-electron chi connectivity index (χ0n) is 11.6. The lowest BCUT2D eigenvalue weighted by Crippen LogP contribution is -2.48. The molecule has 108 valence electrons. The van der Waals surface area contributed by atoms with Gasteiger partial charge >= 0.3 is 12.0 Å². The van der Waals surface area contributed by atoms with E-state index in [-0.39, 0.29) is 18.6 Å². The number of rotatable bonds is 6. The number of carboxylic acids is 1. The molecular weight excluding hydrogens is 244 g/mol. The van der Waals surface area contributed by atoms with Crippen molar-refractivity contribution < 1.29 is 14.7 Å². The fourth-order valence-corrected chi connectivity index (χ4v) is 2.91. The van der Waals surface area contributed by atoms with E-state index in [2.05, 4.69) is 12.2 Å². The molecule has 2 aliphatic carbocycles. The van der Waals surface area contributed by atoms with E-state index in [1.54, 1.807) is 0 Å². The summed E-state index contributed by atoms with van der Waals surface area (Å²) in [5.74, 6) is 0.316. The number of nitrogens with zero attached hydrogens (tertiary/aromatic N) is 1. The van der Waals surface area contributed by atoms with Gasteiger partial charge in [-0.05, 0) is 37.5 Å². The maximum Gasteiger partial charge on any atom is 0.323 e. The Kier molecular flexibility index (Phi) is 4.66. The van der Waals surface area contributed by atoms with Crippen LogP contribution in [-0.4, -0.2) is 41.1 Å². The van der Waals surface area contributed by atoms with E-state index in [0.717, 1.165) is 31.6 Å². The lowest BCUT2D eigenvalue weighted by atomic mass is 10.1. The van der Waals surface area contributed by atoms with Gasteiger partial charge in [-0.15, -0.1) is 0 Å². The Labute approximate surface area is 114 Å². The molecule has 0 heterocycles. The van der Waals surface area contributed by atoms with Crippen LogP contribution in [0.25, 0.3) is 0 Å². The van der Waals surface area contributed by atoms with Crippen LogP contribution < -0.4 is 5.32 Å². The van der Waals surface area contributed by atoms with E-state index in [1.165, 1.54) is 17.7 Å². The first-order valence-electron chi connectivity index (χ1n) is 7.34. The molecule has 0 aromatic heterocycles. The maximum atomic E-state index is 12.2. The van der Waals surface area contributed by atoms with Crippen LogP contribution in [0.4, 0.5) is 4.79 Å². The van der Waals surface area contributed by atoms with Gasteiger partial charge in [-0.25, -0.2) is 4.79 Å². The number of aliphatic carboxylic acids is 1. The van der Waals surface area contributed by atoms with Crippen molar-refractivity contribution in [3.8, 4) is 0 Å². The zero-order chi connectivity index (χ0) is 13.8. The van der Waals surface area contributed by atoms with Crippen molar-refractivity contribution in [3.05, 3.63) is 0 Å². The third-order valence-corrected chi connectivity index (χ3v) is 4.33. The van der Waals surface area contributed by atoms with E-state index in [9.17, 15) is 9.59 Å². The Morgan fingerprint density at radius 3 is 2.42 bits per heavy atom. The normalized spacial score (nSPS) is 21.1. The van der Waals surface area contributed by atoms with E-state index in [1.807, 2.05) is 0 Å². The van der Waals surface area contributed by atoms with Gasteiger partial charge in [-0.3, -0.25) is 4.79 Å². The number of carbonyl (C=O) groups is 2. The van der Waals surface area contributed by atoms with Crippen LogP contribution in [0, 0.1) is 11.8 Å². The Bertz CT molecular complexity index is 336. The average Bonchev–Trinajstić information content (AvgIpc) is 3.08. The lowest BCUT2D eigenvalue weighted by Gasteiger charge is -2.28. The van der Waals surface area contributed by atoms with Gasteiger partial charge in [0.05, 0.1) is 0 Å². The topological polar surface area (TPSA) is 69.6 Å². The largest absolute Gasteiger partial charge is 0.480 e. The van der Waals surface area contributed by atoms with Gasteiger partial charge in [0.15, 0.2) is 0 Å². The molecule has 0 aromatic carbocycles. The molecule has 2 fully saturated rings. The monoisotopic (exact) mass is 268 g/mol. The molecule has 0 aromatic rings. The molecule has 0 spiro atoms. The number of carboxylic acid groups (broad SMARTS) is 1. The molecule has 1 unspecified atom stereocenters. The molecule has 0 saturated heterocycles. The quantitative estimate of drug-likeness (QED) is 0.774. The summed E-state index contributed by atoms with van der Waals surface area (Å²) in [6.07, 6.45) is 6.56. The highest BCUT2D eigenvalue weighted by Gasteiger charge is 2.31.